The van der Waals surface area contributed by atoms with Crippen LogP contribution in [-0.2, 0) is 11.3 Å². The lowest BCUT2D eigenvalue weighted by atomic mass is 10.1. The van der Waals surface area contributed by atoms with Crippen LogP contribution >= 0.6 is 0 Å². The van der Waals surface area contributed by atoms with Crippen molar-refractivity contribution in [3.8, 4) is 11.5 Å². The molecule has 1 aromatic carbocycles. The molecule has 128 valence electrons. The number of benzene rings is 1. The van der Waals surface area contributed by atoms with Crippen LogP contribution in [0, 0.1) is 6.92 Å². The predicted molar refractivity (Wildman–Crippen MR) is 92.5 cm³/mol. The van der Waals surface area contributed by atoms with Crippen molar-refractivity contribution in [2.45, 2.75) is 19.5 Å². The van der Waals surface area contributed by atoms with Crippen molar-refractivity contribution in [3.63, 3.8) is 0 Å². The molecule has 0 unspecified atom stereocenters. The highest BCUT2D eigenvalue weighted by Gasteiger charge is 2.21. The molecule has 1 aromatic heterocycles. The van der Waals surface area contributed by atoms with Gasteiger partial charge >= 0.3 is 0 Å². The molecule has 5 nitrogen and oxygen atoms in total. The fourth-order valence-corrected chi connectivity index (χ4v) is 2.95. The lowest BCUT2D eigenvalue weighted by molar-refractivity contribution is 0.0997. The van der Waals surface area contributed by atoms with E-state index < -0.39 is 0 Å². The molecule has 0 saturated heterocycles. The van der Waals surface area contributed by atoms with Gasteiger partial charge in [-0.05, 0) is 49.4 Å². The average molecular weight is 328 g/mol. The van der Waals surface area contributed by atoms with Crippen LogP contribution in [0.3, 0.4) is 0 Å². The number of ether oxygens (including phenoxy) is 3. The molecule has 2 aromatic rings. The Morgan fingerprint density at radius 1 is 1.21 bits per heavy atom. The number of rotatable bonds is 6. The minimum atomic E-state index is 0.101. The fraction of sp³-hybridized carbons (Fsp3) is 0.421. The highest BCUT2D eigenvalue weighted by molar-refractivity contribution is 5.47. The molecular formula is C19H24N2O3. The van der Waals surface area contributed by atoms with Crippen LogP contribution in [0.2, 0.25) is 0 Å². The van der Waals surface area contributed by atoms with Gasteiger partial charge in [-0.25, -0.2) is 0 Å². The number of nitrogens with zero attached hydrogens (tertiary/aromatic N) is 2. The van der Waals surface area contributed by atoms with Gasteiger partial charge in [0.25, 0.3) is 0 Å². The van der Waals surface area contributed by atoms with E-state index in [-0.39, 0.29) is 6.04 Å². The maximum Gasteiger partial charge on any atom is 0.161 e. The number of fused-ring (bicyclic) bond motifs is 1. The van der Waals surface area contributed by atoms with Crippen LogP contribution in [0.15, 0.2) is 36.5 Å². The van der Waals surface area contributed by atoms with Crippen LogP contribution in [0.5, 0.6) is 11.5 Å². The quantitative estimate of drug-likeness (QED) is 0.816. The molecule has 1 aliphatic rings. The summed E-state index contributed by atoms with van der Waals surface area (Å²) >= 11 is 0. The summed E-state index contributed by atoms with van der Waals surface area (Å²) in [6.07, 6.45) is 1.82. The zero-order chi connectivity index (χ0) is 16.9. The van der Waals surface area contributed by atoms with Crippen molar-refractivity contribution in [2.75, 3.05) is 34.0 Å². The van der Waals surface area contributed by atoms with Crippen molar-refractivity contribution >= 4 is 0 Å². The summed E-state index contributed by atoms with van der Waals surface area (Å²) in [5, 5.41) is 0. The Morgan fingerprint density at radius 3 is 2.62 bits per heavy atom. The van der Waals surface area contributed by atoms with Crippen LogP contribution in [0.25, 0.3) is 0 Å². The molecule has 24 heavy (non-hydrogen) atoms. The third-order valence-corrected chi connectivity index (χ3v) is 4.31. The molecule has 0 saturated carbocycles. The highest BCUT2D eigenvalue weighted by atomic mass is 16.6. The fourth-order valence-electron chi connectivity index (χ4n) is 2.95. The first-order valence-electron chi connectivity index (χ1n) is 8.18. The minimum absolute atomic E-state index is 0.101. The zero-order valence-electron chi connectivity index (χ0n) is 14.5. The number of aromatic nitrogens is 1. The third kappa shape index (κ3) is 3.68. The van der Waals surface area contributed by atoms with Gasteiger partial charge in [0.1, 0.15) is 13.2 Å². The Bertz CT molecular complexity index is 676. The number of methoxy groups -OCH3 is 1. The molecule has 1 aliphatic heterocycles. The normalized spacial score (nSPS) is 14.7. The Balaban J connectivity index is 1.81. The van der Waals surface area contributed by atoms with Gasteiger partial charge in [-0.15, -0.1) is 0 Å². The Kier molecular flexibility index (Phi) is 5.33. The second-order valence-electron chi connectivity index (χ2n) is 6.06. The summed E-state index contributed by atoms with van der Waals surface area (Å²) in [7, 11) is 3.81. The molecule has 0 amide bonds. The lowest BCUT2D eigenvalue weighted by Crippen LogP contribution is -2.28. The van der Waals surface area contributed by atoms with Crippen LogP contribution < -0.4 is 9.47 Å². The zero-order valence-corrected chi connectivity index (χ0v) is 14.5. The van der Waals surface area contributed by atoms with E-state index in [1.165, 1.54) is 11.1 Å². The summed E-state index contributed by atoms with van der Waals surface area (Å²) in [4.78, 5) is 6.74. The van der Waals surface area contributed by atoms with Gasteiger partial charge in [0.15, 0.2) is 11.5 Å². The van der Waals surface area contributed by atoms with Gasteiger partial charge in [0.2, 0.25) is 0 Å². The van der Waals surface area contributed by atoms with E-state index in [2.05, 4.69) is 36.0 Å². The summed E-state index contributed by atoms with van der Waals surface area (Å²) in [5.41, 5.74) is 3.43. The number of hydrogen-bond donors (Lipinski definition) is 0. The van der Waals surface area contributed by atoms with E-state index in [1.807, 2.05) is 24.4 Å². The molecule has 0 bridgehead atoms. The highest BCUT2D eigenvalue weighted by Crippen LogP contribution is 2.34. The lowest BCUT2D eigenvalue weighted by Gasteiger charge is -2.28. The molecule has 0 spiro atoms. The van der Waals surface area contributed by atoms with E-state index >= 15 is 0 Å². The first-order chi connectivity index (χ1) is 11.7. The number of likely N-dealkylation sites (N-methyl/N-ethyl adjacent to an activating group) is 1. The summed E-state index contributed by atoms with van der Waals surface area (Å²) in [6.45, 7) is 4.70. The number of pyridine rings is 1. The van der Waals surface area contributed by atoms with E-state index in [4.69, 9.17) is 14.2 Å². The van der Waals surface area contributed by atoms with Gasteiger partial charge in [-0.1, -0.05) is 6.07 Å². The van der Waals surface area contributed by atoms with E-state index in [1.54, 1.807) is 7.11 Å². The van der Waals surface area contributed by atoms with Gasteiger partial charge in [0.05, 0.1) is 18.3 Å². The maximum absolute atomic E-state index is 5.71. The van der Waals surface area contributed by atoms with E-state index in [0.29, 0.717) is 19.8 Å². The molecule has 5 heteroatoms. The van der Waals surface area contributed by atoms with Crippen molar-refractivity contribution in [2.24, 2.45) is 0 Å². The molecule has 0 radical (unpaired) electrons. The Hall–Kier alpha value is -2.11. The largest absolute Gasteiger partial charge is 0.486 e. The van der Waals surface area contributed by atoms with E-state index in [0.717, 1.165) is 23.7 Å². The Morgan fingerprint density at radius 2 is 1.96 bits per heavy atom. The Labute approximate surface area is 143 Å². The second kappa shape index (κ2) is 7.64. The number of aryl methyl sites for hydroxylation is 1. The van der Waals surface area contributed by atoms with Crippen LogP contribution in [0.1, 0.15) is 22.9 Å². The van der Waals surface area contributed by atoms with E-state index in [9.17, 15) is 0 Å². The topological polar surface area (TPSA) is 43.8 Å². The molecule has 0 aliphatic carbocycles. The van der Waals surface area contributed by atoms with Crippen LogP contribution in [-0.4, -0.2) is 43.9 Å². The SMILES string of the molecule is COC[C@H](c1ccccn1)N(C)Cc1cc2c(cc1C)OCCO2. The maximum atomic E-state index is 5.71. The third-order valence-electron chi connectivity index (χ3n) is 4.31. The molecule has 0 fully saturated rings. The van der Waals surface area contributed by atoms with Gasteiger partial charge in [0, 0.05) is 19.9 Å². The first kappa shape index (κ1) is 16.7. The van der Waals surface area contributed by atoms with Crippen LogP contribution in [0.4, 0.5) is 0 Å². The molecule has 1 atom stereocenters. The molecule has 3 rings (SSSR count). The predicted octanol–water partition coefficient (Wildman–Crippen LogP) is 2.98. The summed E-state index contributed by atoms with van der Waals surface area (Å²) < 4.78 is 16.8. The van der Waals surface area contributed by atoms with Crippen molar-refractivity contribution < 1.29 is 14.2 Å². The second-order valence-corrected chi connectivity index (χ2v) is 6.06. The molecule has 0 N–H and O–H groups in total. The minimum Gasteiger partial charge on any atom is -0.486 e. The average Bonchev–Trinajstić information content (AvgIpc) is 2.61. The molecular weight excluding hydrogens is 304 g/mol. The van der Waals surface area contributed by atoms with Gasteiger partial charge in [-0.3, -0.25) is 9.88 Å². The summed E-state index contributed by atoms with van der Waals surface area (Å²) in [5.74, 6) is 1.67. The monoisotopic (exact) mass is 328 g/mol. The smallest absolute Gasteiger partial charge is 0.161 e. The van der Waals surface area contributed by atoms with Crippen molar-refractivity contribution in [3.05, 3.63) is 53.3 Å². The molecule has 2 heterocycles. The van der Waals surface area contributed by atoms with Gasteiger partial charge in [-0.2, -0.15) is 0 Å². The number of hydrogen-bond acceptors (Lipinski definition) is 5. The van der Waals surface area contributed by atoms with Crippen molar-refractivity contribution in [1.82, 2.24) is 9.88 Å². The standard InChI is InChI=1S/C19H24N2O3/c1-14-10-18-19(24-9-8-23-18)11-15(14)12-21(2)17(13-22-3)16-6-4-5-7-20-16/h4-7,10-11,17H,8-9,12-13H2,1-3H3/t17-/m1/s1. The van der Waals surface area contributed by atoms with Crippen molar-refractivity contribution in [1.29, 1.82) is 0 Å². The summed E-state index contributed by atoms with van der Waals surface area (Å²) in [6, 6.07) is 10.2. The van der Waals surface area contributed by atoms with Gasteiger partial charge < -0.3 is 14.2 Å². The first-order valence-corrected chi connectivity index (χ1v) is 8.18.